The molecule has 1 aliphatic carbocycles. The monoisotopic (exact) mass is 565 g/mol. The number of aromatic nitrogens is 1. The number of nitrogens with zero attached hydrogens (tertiary/aromatic N) is 1. The summed E-state index contributed by atoms with van der Waals surface area (Å²) in [6.07, 6.45) is 0. The Morgan fingerprint density at radius 3 is 2.05 bits per heavy atom. The zero-order valence-electron chi connectivity index (χ0n) is 23.2. The number of hydrogen-bond donors (Lipinski definition) is 0. The van der Waals surface area contributed by atoms with Crippen molar-refractivity contribution < 1.29 is 4.57 Å². The van der Waals surface area contributed by atoms with Crippen LogP contribution in [0.15, 0.2) is 146 Å². The first kappa shape index (κ1) is 23.4. The minimum absolute atomic E-state index is 0.876. The van der Waals surface area contributed by atoms with Crippen LogP contribution in [0.4, 0.5) is 0 Å². The molecular formula is C40H24NOP. The van der Waals surface area contributed by atoms with Gasteiger partial charge in [-0.25, -0.2) is 0 Å². The molecule has 1 unspecified atom stereocenters. The van der Waals surface area contributed by atoms with E-state index in [1.165, 1.54) is 38.4 Å². The van der Waals surface area contributed by atoms with Gasteiger partial charge in [0.2, 0.25) is 0 Å². The molecular weight excluding hydrogens is 541 g/mol. The van der Waals surface area contributed by atoms with E-state index in [0.717, 1.165) is 49.1 Å². The lowest BCUT2D eigenvalue weighted by molar-refractivity contribution is 0.593. The van der Waals surface area contributed by atoms with E-state index in [0.29, 0.717) is 0 Å². The average Bonchev–Trinajstić information content (AvgIpc) is 3.67. The third-order valence-electron chi connectivity index (χ3n) is 9.52. The van der Waals surface area contributed by atoms with Crippen LogP contribution in [-0.4, -0.2) is 4.57 Å². The fraction of sp³-hybridized carbons (Fsp3) is 0. The average molecular weight is 566 g/mol. The fourth-order valence-electron chi connectivity index (χ4n) is 7.77. The first-order valence-corrected chi connectivity index (χ1v) is 16.4. The zero-order valence-corrected chi connectivity index (χ0v) is 24.1. The van der Waals surface area contributed by atoms with Crippen LogP contribution in [0.2, 0.25) is 0 Å². The summed E-state index contributed by atoms with van der Waals surface area (Å²) in [6, 6.07) is 51.4. The zero-order chi connectivity index (χ0) is 28.3. The Kier molecular flexibility index (Phi) is 4.47. The van der Waals surface area contributed by atoms with Gasteiger partial charge in [-0.3, -0.25) is 0 Å². The lowest BCUT2D eigenvalue weighted by atomic mass is 10.0. The molecule has 1 aromatic heterocycles. The highest BCUT2D eigenvalue weighted by Crippen LogP contribution is 2.55. The molecule has 200 valence electrons. The number of hydrogen-bond acceptors (Lipinski definition) is 1. The second-order valence-electron chi connectivity index (χ2n) is 11.6. The highest BCUT2D eigenvalue weighted by atomic mass is 31.2. The number of rotatable bonds is 2. The molecule has 1 atom stereocenters. The molecule has 0 fully saturated rings. The van der Waals surface area contributed by atoms with Gasteiger partial charge in [0.05, 0.1) is 16.3 Å². The largest absolute Gasteiger partial charge is 0.309 e. The fourth-order valence-corrected chi connectivity index (χ4v) is 11.0. The van der Waals surface area contributed by atoms with E-state index < -0.39 is 7.14 Å². The van der Waals surface area contributed by atoms with Crippen LogP contribution in [-0.2, 0) is 4.57 Å². The van der Waals surface area contributed by atoms with Crippen molar-refractivity contribution in [3.05, 3.63) is 146 Å². The molecule has 0 bridgehead atoms. The first-order chi connectivity index (χ1) is 21.2. The number of benzene rings is 7. The Morgan fingerprint density at radius 1 is 0.488 bits per heavy atom. The van der Waals surface area contributed by atoms with Crippen molar-refractivity contribution >= 4 is 55.6 Å². The molecule has 0 spiro atoms. The summed E-state index contributed by atoms with van der Waals surface area (Å²) in [5.41, 5.74) is 10.5. The van der Waals surface area contributed by atoms with Crippen molar-refractivity contribution in [3.63, 3.8) is 0 Å². The Morgan fingerprint density at radius 2 is 1.19 bits per heavy atom. The van der Waals surface area contributed by atoms with E-state index in [4.69, 9.17) is 0 Å². The van der Waals surface area contributed by atoms with Crippen molar-refractivity contribution in [1.29, 1.82) is 0 Å². The van der Waals surface area contributed by atoms with E-state index in [-0.39, 0.29) is 0 Å². The lowest BCUT2D eigenvalue weighted by Gasteiger charge is -2.19. The number of fused-ring (bicyclic) bond motifs is 10. The second-order valence-corrected chi connectivity index (χ2v) is 14.3. The Balaban J connectivity index is 1.35. The van der Waals surface area contributed by atoms with Crippen LogP contribution in [0, 0.1) is 0 Å². The van der Waals surface area contributed by atoms with Gasteiger partial charge in [-0.15, -0.1) is 0 Å². The van der Waals surface area contributed by atoms with Gasteiger partial charge >= 0.3 is 0 Å². The molecule has 0 saturated carbocycles. The highest BCUT2D eigenvalue weighted by molar-refractivity contribution is 7.86. The molecule has 2 heterocycles. The maximum Gasteiger partial charge on any atom is 0.174 e. The second kappa shape index (κ2) is 8.22. The molecule has 8 aromatic rings. The molecule has 0 amide bonds. The molecule has 7 aromatic carbocycles. The maximum absolute atomic E-state index is 15.8. The summed E-state index contributed by atoms with van der Waals surface area (Å²) in [7, 11) is -3.17. The summed E-state index contributed by atoms with van der Waals surface area (Å²) in [4.78, 5) is 0. The third kappa shape index (κ3) is 2.87. The molecule has 43 heavy (non-hydrogen) atoms. The van der Waals surface area contributed by atoms with Crippen molar-refractivity contribution in [3.8, 4) is 39.1 Å². The molecule has 10 rings (SSSR count). The van der Waals surface area contributed by atoms with Crippen molar-refractivity contribution in [2.24, 2.45) is 0 Å². The topological polar surface area (TPSA) is 22.0 Å². The molecule has 0 saturated heterocycles. The summed E-state index contributed by atoms with van der Waals surface area (Å²) in [5.74, 6) is 0. The summed E-state index contributed by atoms with van der Waals surface area (Å²) in [5, 5.41) is 7.64. The minimum atomic E-state index is -3.17. The first-order valence-electron chi connectivity index (χ1n) is 14.7. The van der Waals surface area contributed by atoms with Crippen molar-refractivity contribution in [2.75, 3.05) is 0 Å². The smallest absolute Gasteiger partial charge is 0.174 e. The molecule has 3 heteroatoms. The standard InChI is InChI=1S/C40H24NOP/c42-43(27-12-2-1-3-13-27)37-19-7-5-15-30(37)34-23-22-33-29-14-4-6-18-36(29)41(39(33)40(34)43)26-20-21-28-31-16-8-10-25-11-9-17-32(38(25)31)35(28)24-26/h1-24H. The van der Waals surface area contributed by atoms with Crippen molar-refractivity contribution in [1.82, 2.24) is 4.57 Å². The normalized spacial score (nSPS) is 16.1. The Hall–Kier alpha value is -5.17. The van der Waals surface area contributed by atoms with Gasteiger partial charge in [0, 0.05) is 27.1 Å². The lowest BCUT2D eigenvalue weighted by Crippen LogP contribution is -2.22. The van der Waals surface area contributed by atoms with Gasteiger partial charge in [0.25, 0.3) is 0 Å². The SMILES string of the molecule is O=P1(c2ccccc2)c2ccccc2-c2ccc3c4ccccc4n(-c4ccc5c(c4)-c4cccc6cccc-5c46)c3c21. The van der Waals surface area contributed by atoms with Gasteiger partial charge < -0.3 is 9.13 Å². The van der Waals surface area contributed by atoms with Gasteiger partial charge in [-0.05, 0) is 62.4 Å². The summed E-state index contributed by atoms with van der Waals surface area (Å²) in [6.45, 7) is 0. The van der Waals surface area contributed by atoms with E-state index >= 15 is 4.57 Å². The van der Waals surface area contributed by atoms with Gasteiger partial charge in [0.15, 0.2) is 7.14 Å². The van der Waals surface area contributed by atoms with Gasteiger partial charge in [-0.2, -0.15) is 0 Å². The Labute approximate surface area is 248 Å². The highest BCUT2D eigenvalue weighted by Gasteiger charge is 2.42. The molecule has 1 aliphatic heterocycles. The predicted octanol–water partition coefficient (Wildman–Crippen LogP) is 9.20. The number of para-hydroxylation sites is 1. The molecule has 2 nitrogen and oxygen atoms in total. The summed E-state index contributed by atoms with van der Waals surface area (Å²) >= 11 is 0. The van der Waals surface area contributed by atoms with E-state index in [9.17, 15) is 0 Å². The van der Waals surface area contributed by atoms with Gasteiger partial charge in [-0.1, -0.05) is 127 Å². The minimum Gasteiger partial charge on any atom is -0.309 e. The molecule has 2 aliphatic rings. The predicted molar refractivity (Wildman–Crippen MR) is 181 cm³/mol. The summed E-state index contributed by atoms with van der Waals surface area (Å²) < 4.78 is 18.2. The van der Waals surface area contributed by atoms with Crippen LogP contribution in [0.25, 0.3) is 71.6 Å². The molecule has 0 N–H and O–H groups in total. The van der Waals surface area contributed by atoms with Crippen LogP contribution in [0.5, 0.6) is 0 Å². The molecule has 0 radical (unpaired) electrons. The van der Waals surface area contributed by atoms with Crippen LogP contribution < -0.4 is 15.9 Å². The maximum atomic E-state index is 15.8. The van der Waals surface area contributed by atoms with Crippen LogP contribution >= 0.6 is 7.14 Å². The quantitative estimate of drug-likeness (QED) is 0.192. The van der Waals surface area contributed by atoms with Crippen LogP contribution in [0.1, 0.15) is 0 Å². The van der Waals surface area contributed by atoms with Crippen LogP contribution in [0.3, 0.4) is 0 Å². The van der Waals surface area contributed by atoms with E-state index in [1.807, 2.05) is 36.4 Å². The Bertz CT molecular complexity index is 2530. The van der Waals surface area contributed by atoms with Gasteiger partial charge in [0.1, 0.15) is 0 Å². The van der Waals surface area contributed by atoms with E-state index in [2.05, 4.69) is 114 Å². The van der Waals surface area contributed by atoms with Crippen molar-refractivity contribution in [2.45, 2.75) is 0 Å². The van der Waals surface area contributed by atoms with E-state index in [1.54, 1.807) is 0 Å². The third-order valence-corrected chi connectivity index (χ3v) is 12.7.